The fraction of sp³-hybridized carbons (Fsp3) is 0.286. The summed E-state index contributed by atoms with van der Waals surface area (Å²) >= 11 is 0. The molecule has 1 unspecified atom stereocenters. The summed E-state index contributed by atoms with van der Waals surface area (Å²) in [4.78, 5) is 4.20. The Labute approximate surface area is 147 Å². The first-order valence-corrected chi connectivity index (χ1v) is 8.80. The van der Waals surface area contributed by atoms with E-state index in [2.05, 4.69) is 10.3 Å². The van der Waals surface area contributed by atoms with Crippen LogP contribution in [0.3, 0.4) is 0 Å². The largest absolute Gasteiger partial charge is 0.490 e. The number of nitrogens with zero attached hydrogens (tertiary/aromatic N) is 1. The van der Waals surface area contributed by atoms with Crippen molar-refractivity contribution >= 4 is 10.8 Å². The zero-order chi connectivity index (χ0) is 17.1. The third kappa shape index (κ3) is 3.36. The van der Waals surface area contributed by atoms with Gasteiger partial charge in [-0.1, -0.05) is 30.3 Å². The molecule has 4 heteroatoms. The molecule has 25 heavy (non-hydrogen) atoms. The third-order valence-corrected chi connectivity index (χ3v) is 4.79. The number of aliphatic hydroxyl groups excluding tert-OH is 1. The average molecular weight is 334 g/mol. The number of hydrogen-bond acceptors (Lipinski definition) is 4. The maximum Gasteiger partial charge on any atom is 0.126 e. The molecule has 0 aliphatic carbocycles. The SMILES string of the molecule is OC(c1ccccc1)c1c(OC2CCNCC2)ccc2cnccc12. The van der Waals surface area contributed by atoms with Gasteiger partial charge in [0.2, 0.25) is 0 Å². The minimum atomic E-state index is -0.732. The van der Waals surface area contributed by atoms with Crippen LogP contribution in [-0.4, -0.2) is 29.3 Å². The molecule has 4 nitrogen and oxygen atoms in total. The van der Waals surface area contributed by atoms with Crippen LogP contribution in [-0.2, 0) is 0 Å². The lowest BCUT2D eigenvalue weighted by molar-refractivity contribution is 0.152. The Balaban J connectivity index is 1.79. The first-order valence-electron chi connectivity index (χ1n) is 8.80. The number of hydrogen-bond donors (Lipinski definition) is 2. The summed E-state index contributed by atoms with van der Waals surface area (Å²) in [5.74, 6) is 0.766. The molecular formula is C21H22N2O2. The van der Waals surface area contributed by atoms with Crippen molar-refractivity contribution in [3.8, 4) is 5.75 Å². The Bertz CT molecular complexity index is 845. The van der Waals surface area contributed by atoms with E-state index >= 15 is 0 Å². The number of pyridine rings is 1. The molecule has 1 aliphatic heterocycles. The molecule has 1 aromatic heterocycles. The predicted octanol–water partition coefficient (Wildman–Crippen LogP) is 3.45. The van der Waals surface area contributed by atoms with Gasteiger partial charge in [0.15, 0.2) is 0 Å². The van der Waals surface area contributed by atoms with Crippen LogP contribution in [0.2, 0.25) is 0 Å². The molecule has 0 amide bonds. The van der Waals surface area contributed by atoms with Crippen LogP contribution in [0.4, 0.5) is 0 Å². The third-order valence-electron chi connectivity index (χ3n) is 4.79. The van der Waals surface area contributed by atoms with E-state index in [1.165, 1.54) is 0 Å². The van der Waals surface area contributed by atoms with Crippen LogP contribution in [0.1, 0.15) is 30.1 Å². The summed E-state index contributed by atoms with van der Waals surface area (Å²) < 4.78 is 6.32. The number of benzene rings is 2. The molecule has 2 aromatic carbocycles. The summed E-state index contributed by atoms with van der Waals surface area (Å²) in [7, 11) is 0. The lowest BCUT2D eigenvalue weighted by Crippen LogP contribution is -2.34. The van der Waals surface area contributed by atoms with E-state index < -0.39 is 6.10 Å². The number of fused-ring (bicyclic) bond motifs is 1. The first kappa shape index (κ1) is 16.1. The molecule has 2 N–H and O–H groups in total. The normalized spacial score (nSPS) is 16.7. The lowest BCUT2D eigenvalue weighted by Gasteiger charge is -2.26. The summed E-state index contributed by atoms with van der Waals surface area (Å²) in [5.41, 5.74) is 1.69. The number of aromatic nitrogens is 1. The molecule has 1 saturated heterocycles. The van der Waals surface area contributed by atoms with Gasteiger partial charge >= 0.3 is 0 Å². The van der Waals surface area contributed by atoms with E-state index in [1.54, 1.807) is 6.20 Å². The fourth-order valence-electron chi connectivity index (χ4n) is 3.45. The quantitative estimate of drug-likeness (QED) is 0.767. The van der Waals surface area contributed by atoms with E-state index in [4.69, 9.17) is 4.74 Å². The zero-order valence-corrected chi connectivity index (χ0v) is 14.1. The number of piperidine rings is 1. The molecule has 128 valence electrons. The Morgan fingerprint density at radius 2 is 1.84 bits per heavy atom. The van der Waals surface area contributed by atoms with Crippen molar-refractivity contribution in [3.05, 3.63) is 72.1 Å². The van der Waals surface area contributed by atoms with Crippen molar-refractivity contribution in [2.75, 3.05) is 13.1 Å². The average Bonchev–Trinajstić information content (AvgIpc) is 2.69. The monoisotopic (exact) mass is 334 g/mol. The van der Waals surface area contributed by atoms with Gasteiger partial charge in [0.25, 0.3) is 0 Å². The van der Waals surface area contributed by atoms with Gasteiger partial charge in [0.05, 0.1) is 0 Å². The van der Waals surface area contributed by atoms with Gasteiger partial charge in [-0.15, -0.1) is 0 Å². The van der Waals surface area contributed by atoms with E-state index in [9.17, 15) is 5.11 Å². The number of rotatable bonds is 4. The summed E-state index contributed by atoms with van der Waals surface area (Å²) in [6.07, 6.45) is 5.00. The van der Waals surface area contributed by atoms with Crippen LogP contribution >= 0.6 is 0 Å². The van der Waals surface area contributed by atoms with Crippen molar-refractivity contribution in [1.82, 2.24) is 10.3 Å². The Morgan fingerprint density at radius 3 is 2.64 bits per heavy atom. The van der Waals surface area contributed by atoms with Crippen molar-refractivity contribution in [2.45, 2.75) is 25.0 Å². The summed E-state index contributed by atoms with van der Waals surface area (Å²) in [6, 6.07) is 15.7. The van der Waals surface area contributed by atoms with E-state index in [0.717, 1.165) is 53.6 Å². The number of aliphatic hydroxyl groups is 1. The minimum Gasteiger partial charge on any atom is -0.490 e. The van der Waals surface area contributed by atoms with Crippen molar-refractivity contribution < 1.29 is 9.84 Å². The van der Waals surface area contributed by atoms with Gasteiger partial charge < -0.3 is 15.2 Å². The second-order valence-corrected chi connectivity index (χ2v) is 6.45. The highest BCUT2D eigenvalue weighted by Gasteiger charge is 2.22. The van der Waals surface area contributed by atoms with E-state index in [-0.39, 0.29) is 6.10 Å². The van der Waals surface area contributed by atoms with Crippen LogP contribution in [0.25, 0.3) is 10.8 Å². The molecule has 2 heterocycles. The highest BCUT2D eigenvalue weighted by atomic mass is 16.5. The van der Waals surface area contributed by atoms with Crippen LogP contribution < -0.4 is 10.1 Å². The van der Waals surface area contributed by atoms with Crippen LogP contribution in [0.5, 0.6) is 5.75 Å². The van der Waals surface area contributed by atoms with Crippen molar-refractivity contribution in [3.63, 3.8) is 0 Å². The summed E-state index contributed by atoms with van der Waals surface area (Å²) in [6.45, 7) is 1.94. The smallest absolute Gasteiger partial charge is 0.126 e. The fourth-order valence-corrected chi connectivity index (χ4v) is 3.45. The molecule has 1 aliphatic rings. The zero-order valence-electron chi connectivity index (χ0n) is 14.1. The Kier molecular flexibility index (Phi) is 4.63. The van der Waals surface area contributed by atoms with Crippen molar-refractivity contribution in [2.24, 2.45) is 0 Å². The second-order valence-electron chi connectivity index (χ2n) is 6.45. The molecule has 3 aromatic rings. The Hall–Kier alpha value is -2.43. The standard InChI is InChI=1S/C21H22N2O2/c24-21(15-4-2-1-3-5-15)20-18-10-13-23-14-16(18)6-7-19(20)25-17-8-11-22-12-9-17/h1-7,10,13-14,17,21-22,24H,8-9,11-12H2. The van der Waals surface area contributed by atoms with Gasteiger partial charge in [-0.3, -0.25) is 4.98 Å². The lowest BCUT2D eigenvalue weighted by atomic mass is 9.95. The molecule has 0 radical (unpaired) electrons. The van der Waals surface area contributed by atoms with Gasteiger partial charge in [-0.05, 0) is 55.1 Å². The molecule has 0 saturated carbocycles. The summed E-state index contributed by atoms with van der Waals surface area (Å²) in [5, 5.41) is 16.4. The van der Waals surface area contributed by atoms with Gasteiger partial charge in [0, 0.05) is 23.3 Å². The molecule has 0 spiro atoms. The van der Waals surface area contributed by atoms with E-state index in [1.807, 2.05) is 54.7 Å². The molecule has 1 fully saturated rings. The molecule has 0 bridgehead atoms. The topological polar surface area (TPSA) is 54.4 Å². The number of nitrogens with one attached hydrogen (secondary N) is 1. The molecular weight excluding hydrogens is 312 g/mol. The highest BCUT2D eigenvalue weighted by Crippen LogP contribution is 2.37. The molecule has 1 atom stereocenters. The van der Waals surface area contributed by atoms with Crippen LogP contribution in [0.15, 0.2) is 60.9 Å². The minimum absolute atomic E-state index is 0.183. The number of ether oxygens (including phenoxy) is 1. The maximum atomic E-state index is 11.1. The predicted molar refractivity (Wildman–Crippen MR) is 98.8 cm³/mol. The highest BCUT2D eigenvalue weighted by molar-refractivity contribution is 5.87. The van der Waals surface area contributed by atoms with Crippen molar-refractivity contribution in [1.29, 1.82) is 0 Å². The second kappa shape index (κ2) is 7.21. The van der Waals surface area contributed by atoms with Crippen LogP contribution in [0, 0.1) is 0 Å². The molecule has 4 rings (SSSR count). The van der Waals surface area contributed by atoms with E-state index in [0.29, 0.717) is 0 Å². The van der Waals surface area contributed by atoms with Gasteiger partial charge in [-0.2, -0.15) is 0 Å². The Morgan fingerprint density at radius 1 is 1.04 bits per heavy atom. The maximum absolute atomic E-state index is 11.1. The first-order chi connectivity index (χ1) is 12.3. The van der Waals surface area contributed by atoms with Gasteiger partial charge in [0.1, 0.15) is 18.0 Å². The van der Waals surface area contributed by atoms with Gasteiger partial charge in [-0.25, -0.2) is 0 Å².